The van der Waals surface area contributed by atoms with E-state index in [1.54, 1.807) is 29.2 Å². The number of hydrazine groups is 1. The number of urea groups is 1. The van der Waals surface area contributed by atoms with Crippen LogP contribution in [0, 0.1) is 0 Å². The maximum Gasteiger partial charge on any atom is 0.344 e. The van der Waals surface area contributed by atoms with Gasteiger partial charge >= 0.3 is 11.9 Å². The smallest absolute Gasteiger partial charge is 0.344 e. The highest BCUT2D eigenvalue weighted by molar-refractivity contribution is 6.30. The van der Waals surface area contributed by atoms with E-state index in [1.807, 2.05) is 18.2 Å². The Morgan fingerprint density at radius 2 is 1.83 bits per heavy atom. The molecule has 10 nitrogen and oxygen atoms in total. The molecule has 3 aliphatic heterocycles. The minimum Gasteiger partial charge on any atom is -0.369 e. The number of halogens is 1. The third-order valence-corrected chi connectivity index (χ3v) is 5.70. The van der Waals surface area contributed by atoms with Gasteiger partial charge in [0.25, 0.3) is 5.79 Å². The van der Waals surface area contributed by atoms with Crippen molar-refractivity contribution in [2.24, 2.45) is 0 Å². The Kier molecular flexibility index (Phi) is 5.49. The van der Waals surface area contributed by atoms with Gasteiger partial charge in [-0.05, 0) is 30.4 Å². The maximum atomic E-state index is 12.5. The lowest BCUT2D eigenvalue weighted by atomic mass is 10.1. The molecule has 2 saturated heterocycles. The number of hydrogen-bond acceptors (Lipinski definition) is 8. The quantitative estimate of drug-likeness (QED) is 0.388. The predicted molar refractivity (Wildman–Crippen MR) is 109 cm³/mol. The van der Waals surface area contributed by atoms with E-state index in [1.165, 1.54) is 11.1 Å². The summed E-state index contributed by atoms with van der Waals surface area (Å²) in [5.41, 5.74) is 3.54. The first-order valence-electron chi connectivity index (χ1n) is 9.55. The van der Waals surface area contributed by atoms with Gasteiger partial charge in [0.05, 0.1) is 6.54 Å². The van der Waals surface area contributed by atoms with Crippen molar-refractivity contribution in [3.05, 3.63) is 53.7 Å². The maximum absolute atomic E-state index is 12.5. The fraction of sp³-hybridized carbons (Fsp3) is 0.421. The Balaban J connectivity index is 1.40. The van der Waals surface area contributed by atoms with Crippen molar-refractivity contribution in [1.82, 2.24) is 20.2 Å². The molecule has 5 N–H and O–H groups in total. The summed E-state index contributed by atoms with van der Waals surface area (Å²) in [4.78, 5) is 17.5. The van der Waals surface area contributed by atoms with Crippen LogP contribution in [0.5, 0.6) is 0 Å². The molecule has 11 heteroatoms. The summed E-state index contributed by atoms with van der Waals surface area (Å²) in [6.45, 7) is 1.62. The average Bonchev–Trinajstić information content (AvgIpc) is 3.06. The monoisotopic (exact) mass is 437 g/mol. The molecule has 1 atom stereocenters. The zero-order valence-corrected chi connectivity index (χ0v) is 16.9. The molecule has 3 heterocycles. The van der Waals surface area contributed by atoms with Crippen molar-refractivity contribution >= 4 is 23.3 Å². The second kappa shape index (κ2) is 7.82. The van der Waals surface area contributed by atoms with Crippen LogP contribution >= 0.6 is 11.6 Å². The van der Waals surface area contributed by atoms with Crippen LogP contribution in [0.3, 0.4) is 0 Å². The van der Waals surface area contributed by atoms with Gasteiger partial charge in [-0.2, -0.15) is 10.4 Å². The first kappa shape index (κ1) is 21.1. The fourth-order valence-corrected chi connectivity index (χ4v) is 3.93. The minimum atomic E-state index is -3.26. The molecular weight excluding hydrogens is 414 g/mol. The number of carbonyl (C=O) groups is 1. The molecular formula is C19H24ClN5O5. The van der Waals surface area contributed by atoms with Crippen LogP contribution in [-0.4, -0.2) is 91.9 Å². The highest BCUT2D eigenvalue weighted by atomic mass is 35.5. The molecule has 0 aromatic heterocycles. The van der Waals surface area contributed by atoms with E-state index in [4.69, 9.17) is 11.6 Å². The molecule has 0 bridgehead atoms. The van der Waals surface area contributed by atoms with Crippen LogP contribution in [0.2, 0.25) is 5.02 Å². The van der Waals surface area contributed by atoms with Gasteiger partial charge in [-0.25, -0.2) is 4.79 Å². The molecule has 1 aromatic rings. The first-order chi connectivity index (χ1) is 14.2. The normalized spacial score (nSPS) is 22.8. The number of nitrogens with zero attached hydrogens (tertiary/aromatic N) is 4. The van der Waals surface area contributed by atoms with Crippen LogP contribution in [0.1, 0.15) is 0 Å². The van der Waals surface area contributed by atoms with Crippen LogP contribution in [-0.2, 0) is 0 Å². The Morgan fingerprint density at radius 1 is 1.10 bits per heavy atom. The Labute approximate surface area is 178 Å². The number of piperazine rings is 1. The number of benzene rings is 1. The van der Waals surface area contributed by atoms with E-state index >= 15 is 0 Å². The van der Waals surface area contributed by atoms with Gasteiger partial charge in [-0.3, -0.25) is 9.80 Å². The lowest BCUT2D eigenvalue weighted by molar-refractivity contribution is -0.409. The number of carbonyl (C=O) groups excluding carboxylic acids is 1. The number of rotatable bonds is 5. The molecule has 162 valence electrons. The van der Waals surface area contributed by atoms with Gasteiger partial charge in [0.1, 0.15) is 6.17 Å². The highest BCUT2D eigenvalue weighted by Crippen LogP contribution is 2.29. The van der Waals surface area contributed by atoms with E-state index < -0.39 is 30.4 Å². The van der Waals surface area contributed by atoms with Crippen LogP contribution in [0.4, 0.5) is 10.5 Å². The number of anilines is 1. The van der Waals surface area contributed by atoms with E-state index in [9.17, 15) is 25.2 Å². The van der Waals surface area contributed by atoms with Crippen LogP contribution in [0.25, 0.3) is 0 Å². The first-order valence-corrected chi connectivity index (χ1v) is 9.93. The van der Waals surface area contributed by atoms with Gasteiger partial charge in [-0.15, -0.1) is 0 Å². The molecule has 0 spiro atoms. The number of aliphatic hydroxyl groups is 4. The molecule has 3 aliphatic rings. The molecule has 4 rings (SSSR count). The highest BCUT2D eigenvalue weighted by Gasteiger charge is 2.58. The van der Waals surface area contributed by atoms with Crippen molar-refractivity contribution in [3.8, 4) is 0 Å². The van der Waals surface area contributed by atoms with Gasteiger partial charge in [0, 0.05) is 43.1 Å². The SMILES string of the molecule is O=C1N2C=CC=CC2NN1C(O)(O)C(O)(O)CN1CCN(c2cccc(Cl)c2)CC1. The molecule has 2 fully saturated rings. The average molecular weight is 438 g/mol. The molecule has 0 radical (unpaired) electrons. The second-order valence-corrected chi connectivity index (χ2v) is 7.96. The number of amides is 2. The number of fused-ring (bicyclic) bond motifs is 1. The van der Waals surface area contributed by atoms with E-state index in [-0.39, 0.29) is 0 Å². The zero-order valence-electron chi connectivity index (χ0n) is 16.1. The Morgan fingerprint density at radius 3 is 2.50 bits per heavy atom. The summed E-state index contributed by atoms with van der Waals surface area (Å²) in [6.07, 6.45) is 5.74. The van der Waals surface area contributed by atoms with Crippen molar-refractivity contribution in [1.29, 1.82) is 0 Å². The molecule has 30 heavy (non-hydrogen) atoms. The summed E-state index contributed by atoms with van der Waals surface area (Å²) in [5, 5.41) is 43.1. The number of hydrogen-bond donors (Lipinski definition) is 5. The topological polar surface area (TPSA) is 123 Å². The Hall–Kier alpha value is -2.18. The number of nitrogens with one attached hydrogen (secondary N) is 1. The summed E-state index contributed by atoms with van der Waals surface area (Å²) in [5.74, 6) is -6.26. The van der Waals surface area contributed by atoms with Gasteiger partial charge < -0.3 is 25.3 Å². The number of β-amino-alcohol motifs (C(OH)–C–C–N with tert-alkyl or cyclic N) is 2. The minimum absolute atomic E-state index is 0.430. The fourth-order valence-electron chi connectivity index (χ4n) is 3.75. The second-order valence-electron chi connectivity index (χ2n) is 7.52. The number of allylic oxidation sites excluding steroid dienone is 2. The summed E-state index contributed by atoms with van der Waals surface area (Å²) >= 11 is 6.04. The van der Waals surface area contributed by atoms with Crippen molar-refractivity contribution in [2.45, 2.75) is 17.9 Å². The molecule has 1 unspecified atom stereocenters. The summed E-state index contributed by atoms with van der Waals surface area (Å²) in [7, 11) is 0. The van der Waals surface area contributed by atoms with Gasteiger partial charge in [0.15, 0.2) is 0 Å². The van der Waals surface area contributed by atoms with Crippen molar-refractivity contribution in [2.75, 3.05) is 37.6 Å². The molecule has 0 aliphatic carbocycles. The van der Waals surface area contributed by atoms with E-state index in [0.29, 0.717) is 36.2 Å². The predicted octanol–water partition coefficient (Wildman–Crippen LogP) is -0.567. The summed E-state index contributed by atoms with van der Waals surface area (Å²) in [6, 6.07) is 6.64. The van der Waals surface area contributed by atoms with E-state index in [0.717, 1.165) is 5.69 Å². The van der Waals surface area contributed by atoms with E-state index in [2.05, 4.69) is 10.3 Å². The zero-order chi connectivity index (χ0) is 21.5. The molecule has 1 aromatic carbocycles. The van der Waals surface area contributed by atoms with Gasteiger partial charge in [-0.1, -0.05) is 23.7 Å². The van der Waals surface area contributed by atoms with Crippen LogP contribution < -0.4 is 10.3 Å². The van der Waals surface area contributed by atoms with Crippen molar-refractivity contribution < 1.29 is 25.2 Å². The third-order valence-electron chi connectivity index (χ3n) is 5.46. The standard InChI is InChI=1S/C19H24ClN5O5/c20-14-4-3-5-15(12-14)23-10-8-22(9-11-23)13-18(27,28)19(29,30)25-17(26)24-7-2-1-6-16(24)21-25/h1-7,12,16,21,27-30H,8-11,13H2. The van der Waals surface area contributed by atoms with Crippen LogP contribution in [0.15, 0.2) is 48.7 Å². The molecule has 0 saturated carbocycles. The largest absolute Gasteiger partial charge is 0.369 e. The lowest BCUT2D eigenvalue weighted by Crippen LogP contribution is -2.71. The molecule has 2 amide bonds. The third kappa shape index (κ3) is 3.79. The van der Waals surface area contributed by atoms with Gasteiger partial charge in [0.2, 0.25) is 0 Å². The lowest BCUT2D eigenvalue weighted by Gasteiger charge is -2.43. The Bertz CT molecular complexity index is 869. The summed E-state index contributed by atoms with van der Waals surface area (Å²) < 4.78 is 0. The van der Waals surface area contributed by atoms with Crippen molar-refractivity contribution in [3.63, 3.8) is 0 Å².